The molecule has 0 amide bonds. The fourth-order valence-electron chi connectivity index (χ4n) is 1.46. The van der Waals surface area contributed by atoms with E-state index in [-0.39, 0.29) is 6.04 Å². The molecular weight excluding hydrogens is 314 g/mol. The van der Waals surface area contributed by atoms with Gasteiger partial charge in [-0.05, 0) is 59.0 Å². The second-order valence-corrected chi connectivity index (χ2v) is 5.45. The molecule has 0 spiro atoms. The van der Waals surface area contributed by atoms with Gasteiger partial charge in [-0.3, -0.25) is 0 Å². The van der Waals surface area contributed by atoms with Crippen LogP contribution in [0.4, 0.5) is 0 Å². The van der Waals surface area contributed by atoms with Gasteiger partial charge in [-0.15, -0.1) is 0 Å². The van der Waals surface area contributed by atoms with Crippen molar-refractivity contribution in [3.05, 3.63) is 39.3 Å². The average molecular weight is 333 g/mol. The van der Waals surface area contributed by atoms with Crippen LogP contribution in [0.15, 0.2) is 33.8 Å². The Morgan fingerprint density at radius 1 is 1.56 bits per heavy atom. The summed E-state index contributed by atoms with van der Waals surface area (Å²) in [5.74, 6) is 0.821. The first-order valence-corrected chi connectivity index (χ1v) is 7.22. The lowest BCUT2D eigenvalue weighted by molar-refractivity contribution is 0.350. The summed E-state index contributed by atoms with van der Waals surface area (Å²) < 4.78 is 6.59. The van der Waals surface area contributed by atoms with Crippen molar-refractivity contribution in [2.24, 2.45) is 5.73 Å². The standard InChI is InChI=1S/C14H19BrClNO/c1-3-12(17)6-11-4-5-14(13(15)7-11)18-9-10(2)8-16/h4-5,7-8,12H,3,6,9,17H2,1-2H3/b10-8+. The topological polar surface area (TPSA) is 35.2 Å². The van der Waals surface area contributed by atoms with Crippen molar-refractivity contribution in [2.75, 3.05) is 6.61 Å². The van der Waals surface area contributed by atoms with Gasteiger partial charge in [-0.2, -0.15) is 0 Å². The number of nitrogens with two attached hydrogens (primary N) is 1. The SMILES string of the molecule is CCC(N)Cc1ccc(OC/C(C)=C/Cl)c(Br)c1. The van der Waals surface area contributed by atoms with Crippen molar-refractivity contribution in [3.8, 4) is 5.75 Å². The molecule has 1 aromatic rings. The Hall–Kier alpha value is -0.510. The molecule has 2 nitrogen and oxygen atoms in total. The molecule has 0 aliphatic carbocycles. The summed E-state index contributed by atoms with van der Waals surface area (Å²) >= 11 is 9.10. The van der Waals surface area contributed by atoms with Crippen LogP contribution in [-0.2, 0) is 6.42 Å². The first kappa shape index (κ1) is 15.5. The maximum Gasteiger partial charge on any atom is 0.133 e. The summed E-state index contributed by atoms with van der Waals surface area (Å²) in [7, 11) is 0. The fraction of sp³-hybridized carbons (Fsp3) is 0.429. The lowest BCUT2D eigenvalue weighted by Crippen LogP contribution is -2.21. The molecule has 1 unspecified atom stereocenters. The molecule has 0 aromatic heterocycles. The molecule has 0 saturated carbocycles. The Morgan fingerprint density at radius 2 is 2.28 bits per heavy atom. The molecular formula is C14H19BrClNO. The largest absolute Gasteiger partial charge is 0.488 e. The van der Waals surface area contributed by atoms with Crippen LogP contribution in [0.2, 0.25) is 0 Å². The van der Waals surface area contributed by atoms with E-state index in [1.165, 1.54) is 11.1 Å². The van der Waals surface area contributed by atoms with Gasteiger partial charge in [0.1, 0.15) is 12.4 Å². The van der Waals surface area contributed by atoms with Gasteiger partial charge in [-0.1, -0.05) is 24.6 Å². The van der Waals surface area contributed by atoms with Crippen molar-refractivity contribution in [2.45, 2.75) is 32.7 Å². The van der Waals surface area contributed by atoms with Crippen LogP contribution in [0.25, 0.3) is 0 Å². The number of benzene rings is 1. The summed E-state index contributed by atoms with van der Waals surface area (Å²) in [6.07, 6.45) is 1.87. The summed E-state index contributed by atoms with van der Waals surface area (Å²) in [5, 5.41) is 0. The van der Waals surface area contributed by atoms with Gasteiger partial charge in [-0.25, -0.2) is 0 Å². The van der Waals surface area contributed by atoms with Crippen LogP contribution in [-0.4, -0.2) is 12.6 Å². The maximum absolute atomic E-state index is 5.94. The van der Waals surface area contributed by atoms with E-state index in [1.807, 2.05) is 13.0 Å². The highest BCUT2D eigenvalue weighted by atomic mass is 79.9. The molecule has 1 rings (SSSR count). The predicted molar refractivity (Wildman–Crippen MR) is 81.2 cm³/mol. The molecule has 0 fully saturated rings. The molecule has 0 aliphatic heterocycles. The molecule has 2 N–H and O–H groups in total. The van der Waals surface area contributed by atoms with E-state index in [4.69, 9.17) is 22.1 Å². The summed E-state index contributed by atoms with van der Waals surface area (Å²) in [6, 6.07) is 6.29. The van der Waals surface area contributed by atoms with Gasteiger partial charge in [0, 0.05) is 11.6 Å². The molecule has 0 aliphatic rings. The van der Waals surface area contributed by atoms with E-state index in [1.54, 1.807) is 0 Å². The number of rotatable bonds is 6. The zero-order valence-electron chi connectivity index (χ0n) is 10.7. The third-order valence-electron chi connectivity index (χ3n) is 2.66. The number of ether oxygens (including phenoxy) is 1. The molecule has 100 valence electrons. The molecule has 0 heterocycles. The number of hydrogen-bond donors (Lipinski definition) is 1. The normalized spacial score (nSPS) is 13.5. The smallest absolute Gasteiger partial charge is 0.133 e. The van der Waals surface area contributed by atoms with Crippen LogP contribution >= 0.6 is 27.5 Å². The third-order valence-corrected chi connectivity index (χ3v) is 3.65. The quantitative estimate of drug-likeness (QED) is 0.845. The monoisotopic (exact) mass is 331 g/mol. The van der Waals surface area contributed by atoms with E-state index in [0.29, 0.717) is 6.61 Å². The van der Waals surface area contributed by atoms with Crippen molar-refractivity contribution >= 4 is 27.5 Å². The summed E-state index contributed by atoms with van der Waals surface area (Å²) in [4.78, 5) is 0. The Morgan fingerprint density at radius 3 is 2.83 bits per heavy atom. The fourth-order valence-corrected chi connectivity index (χ4v) is 2.06. The van der Waals surface area contributed by atoms with Crippen LogP contribution in [0, 0.1) is 0 Å². The first-order valence-electron chi connectivity index (χ1n) is 5.99. The molecule has 18 heavy (non-hydrogen) atoms. The zero-order valence-corrected chi connectivity index (χ0v) is 13.1. The van der Waals surface area contributed by atoms with Crippen LogP contribution < -0.4 is 10.5 Å². The number of halogens is 2. The Balaban J connectivity index is 2.67. The van der Waals surface area contributed by atoms with Crippen LogP contribution in [0.3, 0.4) is 0 Å². The molecule has 4 heteroatoms. The molecule has 0 saturated heterocycles. The predicted octanol–water partition coefficient (Wildman–Crippen LogP) is 4.25. The van der Waals surface area contributed by atoms with Crippen molar-refractivity contribution < 1.29 is 4.74 Å². The van der Waals surface area contributed by atoms with Crippen LogP contribution in [0.1, 0.15) is 25.8 Å². The highest BCUT2D eigenvalue weighted by Crippen LogP contribution is 2.27. The van der Waals surface area contributed by atoms with Crippen LogP contribution in [0.5, 0.6) is 5.75 Å². The van der Waals surface area contributed by atoms with Gasteiger partial charge < -0.3 is 10.5 Å². The van der Waals surface area contributed by atoms with Crippen molar-refractivity contribution in [1.29, 1.82) is 0 Å². The number of hydrogen-bond acceptors (Lipinski definition) is 2. The van der Waals surface area contributed by atoms with E-state index in [9.17, 15) is 0 Å². The summed E-state index contributed by atoms with van der Waals surface area (Å²) in [6.45, 7) is 4.52. The lowest BCUT2D eigenvalue weighted by atomic mass is 10.0. The van der Waals surface area contributed by atoms with Gasteiger partial charge in [0.15, 0.2) is 0 Å². The van der Waals surface area contributed by atoms with Crippen molar-refractivity contribution in [1.82, 2.24) is 0 Å². The minimum absolute atomic E-state index is 0.213. The Bertz CT molecular complexity index is 420. The molecule has 0 bridgehead atoms. The highest BCUT2D eigenvalue weighted by Gasteiger charge is 2.06. The second-order valence-electron chi connectivity index (χ2n) is 4.38. The third kappa shape index (κ3) is 5.01. The average Bonchev–Trinajstić information content (AvgIpc) is 2.37. The zero-order chi connectivity index (χ0) is 13.5. The Labute approximate surface area is 122 Å². The lowest BCUT2D eigenvalue weighted by Gasteiger charge is -2.12. The minimum atomic E-state index is 0.213. The maximum atomic E-state index is 5.94. The van der Waals surface area contributed by atoms with E-state index in [0.717, 1.165) is 28.6 Å². The summed E-state index contributed by atoms with van der Waals surface area (Å²) in [5.41, 5.74) is 9.67. The second kappa shape index (κ2) is 7.82. The first-order chi connectivity index (χ1) is 8.56. The van der Waals surface area contributed by atoms with E-state index < -0.39 is 0 Å². The van der Waals surface area contributed by atoms with Gasteiger partial charge in [0.25, 0.3) is 0 Å². The molecule has 1 atom stereocenters. The minimum Gasteiger partial charge on any atom is -0.488 e. The van der Waals surface area contributed by atoms with Gasteiger partial charge >= 0.3 is 0 Å². The van der Waals surface area contributed by atoms with Gasteiger partial charge in [0.2, 0.25) is 0 Å². The Kier molecular flexibility index (Phi) is 6.76. The molecule has 1 aromatic carbocycles. The van der Waals surface area contributed by atoms with Crippen molar-refractivity contribution in [3.63, 3.8) is 0 Å². The highest BCUT2D eigenvalue weighted by molar-refractivity contribution is 9.10. The van der Waals surface area contributed by atoms with E-state index >= 15 is 0 Å². The van der Waals surface area contributed by atoms with Gasteiger partial charge in [0.05, 0.1) is 4.47 Å². The van der Waals surface area contributed by atoms with E-state index in [2.05, 4.69) is 35.0 Å². The molecule has 0 radical (unpaired) electrons.